The molecule has 2 unspecified atom stereocenters. The minimum atomic E-state index is -3.86. The number of sulfonamides is 1. The molecule has 1 aromatic carbocycles. The first-order chi connectivity index (χ1) is 10.2. The summed E-state index contributed by atoms with van der Waals surface area (Å²) in [6.07, 6.45) is -0.584. The van der Waals surface area contributed by atoms with E-state index in [2.05, 4.69) is 0 Å². The van der Waals surface area contributed by atoms with E-state index in [0.717, 1.165) is 0 Å². The van der Waals surface area contributed by atoms with Crippen molar-refractivity contribution in [2.24, 2.45) is 5.14 Å². The summed E-state index contributed by atoms with van der Waals surface area (Å²) in [6, 6.07) is 5.70. The molecule has 0 spiro atoms. The van der Waals surface area contributed by atoms with Crippen LogP contribution in [0.5, 0.6) is 0 Å². The van der Waals surface area contributed by atoms with E-state index in [1.54, 1.807) is 24.3 Å². The number of halogens is 1. The molecular weight excluding hydrogens is 332 g/mol. The Hall–Kier alpha value is -1.64. The number of carboxylic acids is 1. The van der Waals surface area contributed by atoms with Gasteiger partial charge in [0.05, 0.1) is 12.5 Å². The third-order valence-corrected chi connectivity index (χ3v) is 5.05. The normalized spacial score (nSPS) is 20.2. The fraction of sp³-hybridized carbons (Fsp3) is 0.385. The first-order valence-electron chi connectivity index (χ1n) is 6.47. The predicted molar refractivity (Wildman–Crippen MR) is 79.7 cm³/mol. The van der Waals surface area contributed by atoms with Crippen molar-refractivity contribution in [3.05, 3.63) is 34.9 Å². The standard InChI is InChI=1S/C13H15ClN2O5S/c14-9-3-1-2-8(4-9)11(6-13(18)19)16-7-10(5-12(16)17)22(15,20)21/h1-4,10-11H,5-7H2,(H,18,19)(H2,15,20,21). The Labute approximate surface area is 132 Å². The lowest BCUT2D eigenvalue weighted by Gasteiger charge is -2.27. The molecule has 120 valence electrons. The Bertz CT molecular complexity index is 706. The molecule has 0 aliphatic carbocycles. The van der Waals surface area contributed by atoms with E-state index in [1.807, 2.05) is 0 Å². The van der Waals surface area contributed by atoms with Crippen LogP contribution in [0.15, 0.2) is 24.3 Å². The molecule has 1 fully saturated rings. The number of nitrogens with zero attached hydrogens (tertiary/aromatic N) is 1. The van der Waals surface area contributed by atoms with Crippen molar-refractivity contribution < 1.29 is 23.1 Å². The monoisotopic (exact) mass is 346 g/mol. The number of primary sulfonamides is 1. The van der Waals surface area contributed by atoms with E-state index in [-0.39, 0.29) is 19.4 Å². The van der Waals surface area contributed by atoms with Crippen LogP contribution in [-0.4, -0.2) is 42.1 Å². The average molecular weight is 347 g/mol. The molecule has 7 nitrogen and oxygen atoms in total. The number of carbonyl (C=O) groups is 2. The molecule has 2 rings (SSSR count). The molecule has 2 atom stereocenters. The highest BCUT2D eigenvalue weighted by Gasteiger charge is 2.40. The van der Waals surface area contributed by atoms with Crippen molar-refractivity contribution in [3.8, 4) is 0 Å². The summed E-state index contributed by atoms with van der Waals surface area (Å²) in [5.74, 6) is -1.54. The van der Waals surface area contributed by atoms with Crippen LogP contribution in [0.3, 0.4) is 0 Å². The zero-order valence-corrected chi connectivity index (χ0v) is 13.0. The van der Waals surface area contributed by atoms with Crippen LogP contribution in [0.4, 0.5) is 0 Å². The minimum absolute atomic E-state index is 0.123. The molecule has 1 aromatic rings. The minimum Gasteiger partial charge on any atom is -0.481 e. The van der Waals surface area contributed by atoms with Crippen molar-refractivity contribution in [1.29, 1.82) is 0 Å². The summed E-state index contributed by atoms with van der Waals surface area (Å²) in [4.78, 5) is 24.4. The van der Waals surface area contributed by atoms with Gasteiger partial charge in [0, 0.05) is 18.0 Å². The zero-order chi connectivity index (χ0) is 16.5. The number of rotatable bonds is 5. The van der Waals surface area contributed by atoms with Crippen LogP contribution >= 0.6 is 11.6 Å². The topological polar surface area (TPSA) is 118 Å². The van der Waals surface area contributed by atoms with E-state index in [9.17, 15) is 18.0 Å². The number of aliphatic carboxylic acids is 1. The van der Waals surface area contributed by atoms with Gasteiger partial charge in [0.15, 0.2) is 0 Å². The molecule has 1 heterocycles. The van der Waals surface area contributed by atoms with Crippen LogP contribution in [0.25, 0.3) is 0 Å². The molecule has 3 N–H and O–H groups in total. The highest BCUT2D eigenvalue weighted by Crippen LogP contribution is 2.31. The van der Waals surface area contributed by atoms with Gasteiger partial charge < -0.3 is 10.0 Å². The predicted octanol–water partition coefficient (Wildman–Crippen LogP) is 0.745. The van der Waals surface area contributed by atoms with Gasteiger partial charge in [-0.2, -0.15) is 0 Å². The maximum absolute atomic E-state index is 12.1. The van der Waals surface area contributed by atoms with Crippen molar-refractivity contribution in [2.75, 3.05) is 6.54 Å². The molecule has 0 bridgehead atoms. The molecular formula is C13H15ClN2O5S. The Morgan fingerprint density at radius 3 is 2.68 bits per heavy atom. The maximum Gasteiger partial charge on any atom is 0.305 e. The highest BCUT2D eigenvalue weighted by molar-refractivity contribution is 7.89. The van der Waals surface area contributed by atoms with E-state index < -0.39 is 33.2 Å². The third-order valence-electron chi connectivity index (χ3n) is 3.57. The molecule has 1 aliphatic heterocycles. The van der Waals surface area contributed by atoms with E-state index in [4.69, 9.17) is 21.8 Å². The van der Waals surface area contributed by atoms with E-state index in [1.165, 1.54) is 4.90 Å². The lowest BCUT2D eigenvalue weighted by atomic mass is 10.0. The quantitative estimate of drug-likeness (QED) is 0.815. The number of nitrogens with two attached hydrogens (primary N) is 1. The summed E-state index contributed by atoms with van der Waals surface area (Å²) in [5.41, 5.74) is 0.540. The SMILES string of the molecule is NS(=O)(=O)C1CC(=O)N(C(CC(=O)O)c2cccc(Cl)c2)C1. The number of likely N-dealkylation sites (tertiary alicyclic amines) is 1. The summed E-state index contributed by atoms with van der Waals surface area (Å²) < 4.78 is 22.8. The number of hydrogen-bond donors (Lipinski definition) is 2. The molecule has 0 radical (unpaired) electrons. The van der Waals surface area contributed by atoms with Crippen LogP contribution in [0, 0.1) is 0 Å². The largest absolute Gasteiger partial charge is 0.481 e. The molecule has 0 saturated carbocycles. The zero-order valence-electron chi connectivity index (χ0n) is 11.5. The second-order valence-corrected chi connectivity index (χ2v) is 7.41. The van der Waals surface area contributed by atoms with Gasteiger partial charge in [0.25, 0.3) is 0 Å². The lowest BCUT2D eigenvalue weighted by Crippen LogP contribution is -2.35. The lowest BCUT2D eigenvalue weighted by molar-refractivity contribution is -0.139. The number of carbonyl (C=O) groups excluding carboxylic acids is 1. The van der Waals surface area contributed by atoms with Crippen LogP contribution in [-0.2, 0) is 19.6 Å². The summed E-state index contributed by atoms with van der Waals surface area (Å²) in [6.45, 7) is -0.123. The van der Waals surface area contributed by atoms with Crippen LogP contribution < -0.4 is 5.14 Å². The van der Waals surface area contributed by atoms with Crippen LogP contribution in [0.1, 0.15) is 24.4 Å². The van der Waals surface area contributed by atoms with Gasteiger partial charge in [-0.1, -0.05) is 23.7 Å². The van der Waals surface area contributed by atoms with E-state index in [0.29, 0.717) is 10.6 Å². The number of benzene rings is 1. The van der Waals surface area contributed by atoms with Gasteiger partial charge in [-0.15, -0.1) is 0 Å². The van der Waals surface area contributed by atoms with Gasteiger partial charge in [-0.3, -0.25) is 9.59 Å². The average Bonchev–Trinajstić information content (AvgIpc) is 2.77. The second kappa shape index (κ2) is 6.23. The fourth-order valence-electron chi connectivity index (χ4n) is 2.51. The van der Waals surface area contributed by atoms with Gasteiger partial charge in [0.1, 0.15) is 5.25 Å². The molecule has 1 saturated heterocycles. The van der Waals surface area contributed by atoms with Crippen molar-refractivity contribution in [1.82, 2.24) is 4.90 Å². The highest BCUT2D eigenvalue weighted by atomic mass is 35.5. The van der Waals surface area contributed by atoms with Crippen LogP contribution in [0.2, 0.25) is 5.02 Å². The Kier molecular flexibility index (Phi) is 4.74. The Morgan fingerprint density at radius 1 is 1.50 bits per heavy atom. The number of amides is 1. The van der Waals surface area contributed by atoms with Crippen molar-refractivity contribution in [3.63, 3.8) is 0 Å². The number of carboxylic acid groups (broad SMARTS) is 1. The van der Waals surface area contributed by atoms with Gasteiger partial charge in [-0.25, -0.2) is 13.6 Å². The van der Waals surface area contributed by atoms with E-state index >= 15 is 0 Å². The summed E-state index contributed by atoms with van der Waals surface area (Å²) >= 11 is 5.90. The molecule has 1 aliphatic rings. The molecule has 0 aromatic heterocycles. The van der Waals surface area contributed by atoms with Gasteiger partial charge >= 0.3 is 5.97 Å². The smallest absolute Gasteiger partial charge is 0.305 e. The van der Waals surface area contributed by atoms with Gasteiger partial charge in [0.2, 0.25) is 15.9 Å². The number of hydrogen-bond acceptors (Lipinski definition) is 4. The second-order valence-electron chi connectivity index (χ2n) is 5.13. The maximum atomic E-state index is 12.1. The first kappa shape index (κ1) is 16.7. The Morgan fingerprint density at radius 2 is 2.18 bits per heavy atom. The third kappa shape index (κ3) is 3.76. The summed E-state index contributed by atoms with van der Waals surface area (Å²) in [5, 5.41) is 13.5. The Balaban J connectivity index is 2.34. The molecule has 1 amide bonds. The first-order valence-corrected chi connectivity index (χ1v) is 8.45. The molecule has 22 heavy (non-hydrogen) atoms. The van der Waals surface area contributed by atoms with Gasteiger partial charge in [-0.05, 0) is 17.7 Å². The van der Waals surface area contributed by atoms with Crippen molar-refractivity contribution in [2.45, 2.75) is 24.1 Å². The fourth-order valence-corrected chi connectivity index (χ4v) is 3.45. The van der Waals surface area contributed by atoms with Crippen molar-refractivity contribution >= 4 is 33.5 Å². The molecule has 9 heteroatoms. The summed E-state index contributed by atoms with van der Waals surface area (Å²) in [7, 11) is -3.86.